The van der Waals surface area contributed by atoms with Crippen molar-refractivity contribution in [2.75, 3.05) is 12.4 Å². The van der Waals surface area contributed by atoms with Gasteiger partial charge >= 0.3 is 27.3 Å². The number of aliphatic hydroxyl groups is 1. The molecule has 0 spiro atoms. The molecule has 0 aromatic heterocycles. The number of carbonyl (C=O) groups excluding carboxylic acids is 2. The monoisotopic (exact) mass is 612 g/mol. The van der Waals surface area contributed by atoms with Gasteiger partial charge in [0.15, 0.2) is 0 Å². The first-order valence-electron chi connectivity index (χ1n) is 13.9. The zero-order chi connectivity index (χ0) is 28.2. The highest BCUT2D eigenvalue weighted by atomic mass is 32.2. The quantitative estimate of drug-likeness (QED) is 0.310. The Hall–Kier alpha value is -0.630. The predicted molar refractivity (Wildman–Crippen MR) is 143 cm³/mol. The van der Waals surface area contributed by atoms with Gasteiger partial charge in [-0.2, -0.15) is 17.2 Å². The lowest BCUT2D eigenvalue weighted by Crippen LogP contribution is -2.51. The number of carbonyl (C=O) groups is 2. The van der Waals surface area contributed by atoms with Crippen molar-refractivity contribution in [3.8, 4) is 0 Å². The minimum Gasteiger partial charge on any atom is -0.464 e. The molecule has 0 aromatic carbocycles. The van der Waals surface area contributed by atoms with Crippen LogP contribution in [0.15, 0.2) is 0 Å². The number of halogens is 2. The second-order valence-corrected chi connectivity index (χ2v) is 17.2. The molecule has 8 nitrogen and oxygen atoms in total. The van der Waals surface area contributed by atoms with E-state index in [4.69, 9.17) is 14.0 Å². The minimum absolute atomic E-state index is 0.0685. The van der Waals surface area contributed by atoms with Crippen LogP contribution >= 0.6 is 23.5 Å². The van der Waals surface area contributed by atoms with Crippen LogP contribution < -0.4 is 0 Å². The Morgan fingerprint density at radius 1 is 1.08 bits per heavy atom. The SMILES string of the molecule is CC1CC2CC(O)CC(C(=O)OCC3CSC(C4CC5CCCC(OC(=O)C(F)(F)S(=O)(=O)O)(C5)C4)S3)(C1)C2. The van der Waals surface area contributed by atoms with Gasteiger partial charge in [0.25, 0.3) is 0 Å². The first kappa shape index (κ1) is 29.8. The summed E-state index contributed by atoms with van der Waals surface area (Å²) >= 11 is 3.44. The molecule has 5 rings (SSSR count). The van der Waals surface area contributed by atoms with Crippen LogP contribution in [-0.2, 0) is 29.2 Å². The molecule has 2 N–H and O–H groups in total. The van der Waals surface area contributed by atoms with Crippen molar-refractivity contribution in [1.82, 2.24) is 0 Å². The van der Waals surface area contributed by atoms with E-state index in [1.54, 1.807) is 23.5 Å². The second-order valence-electron chi connectivity index (χ2n) is 12.8. The summed E-state index contributed by atoms with van der Waals surface area (Å²) in [5.74, 6) is -0.616. The van der Waals surface area contributed by atoms with Gasteiger partial charge in [-0.15, -0.1) is 23.5 Å². The zero-order valence-electron chi connectivity index (χ0n) is 22.1. The number of thioether (sulfide) groups is 2. The van der Waals surface area contributed by atoms with E-state index in [2.05, 4.69) is 6.92 Å². The number of esters is 2. The summed E-state index contributed by atoms with van der Waals surface area (Å²) in [4.78, 5) is 25.4. The van der Waals surface area contributed by atoms with Gasteiger partial charge in [0.2, 0.25) is 0 Å². The smallest absolute Gasteiger partial charge is 0.464 e. The molecule has 4 saturated carbocycles. The summed E-state index contributed by atoms with van der Waals surface area (Å²) in [5.41, 5.74) is -1.77. The number of hydrogen-bond acceptors (Lipinski definition) is 9. The van der Waals surface area contributed by atoms with Crippen LogP contribution in [0.3, 0.4) is 0 Å². The third kappa shape index (κ3) is 6.12. The number of rotatable bonds is 7. The van der Waals surface area contributed by atoms with E-state index < -0.39 is 38.5 Å². The molecule has 9 unspecified atom stereocenters. The van der Waals surface area contributed by atoms with Crippen LogP contribution in [0.5, 0.6) is 0 Å². The van der Waals surface area contributed by atoms with Crippen LogP contribution in [0.2, 0.25) is 0 Å². The Bertz CT molecular complexity index is 1050. The summed E-state index contributed by atoms with van der Waals surface area (Å²) in [5, 5.41) is 5.45. The van der Waals surface area contributed by atoms with Crippen molar-refractivity contribution in [3.63, 3.8) is 0 Å². The molecule has 5 aliphatic rings. The van der Waals surface area contributed by atoms with E-state index in [0.717, 1.165) is 44.3 Å². The summed E-state index contributed by atoms with van der Waals surface area (Å²) in [7, 11) is -5.92. The normalized spacial score (nSPS) is 42.5. The number of hydrogen-bond donors (Lipinski definition) is 2. The fourth-order valence-corrected chi connectivity index (χ4v) is 12.0. The average molecular weight is 613 g/mol. The Morgan fingerprint density at radius 3 is 2.59 bits per heavy atom. The Balaban J connectivity index is 1.18. The molecule has 222 valence electrons. The third-order valence-electron chi connectivity index (χ3n) is 9.42. The van der Waals surface area contributed by atoms with E-state index in [9.17, 15) is 31.9 Å². The fraction of sp³-hybridized carbons (Fsp3) is 0.923. The number of ether oxygens (including phenoxy) is 2. The van der Waals surface area contributed by atoms with Gasteiger partial charge in [0.1, 0.15) is 12.2 Å². The molecule has 0 radical (unpaired) electrons. The highest BCUT2D eigenvalue weighted by Gasteiger charge is 2.58. The van der Waals surface area contributed by atoms with Gasteiger partial charge in [-0.3, -0.25) is 9.35 Å². The molecule has 13 heteroatoms. The molecule has 9 atom stereocenters. The van der Waals surface area contributed by atoms with Crippen molar-refractivity contribution in [2.45, 2.75) is 104 Å². The van der Waals surface area contributed by atoms with Gasteiger partial charge in [-0.1, -0.05) is 13.3 Å². The molecule has 4 bridgehead atoms. The van der Waals surface area contributed by atoms with Crippen molar-refractivity contribution >= 4 is 45.6 Å². The molecule has 1 saturated heterocycles. The van der Waals surface area contributed by atoms with Gasteiger partial charge in [-0.05, 0) is 87.9 Å². The van der Waals surface area contributed by atoms with Crippen molar-refractivity contribution in [1.29, 1.82) is 0 Å². The summed E-state index contributed by atoms with van der Waals surface area (Å²) < 4.78 is 70.1. The van der Waals surface area contributed by atoms with Crippen molar-refractivity contribution in [3.05, 3.63) is 0 Å². The van der Waals surface area contributed by atoms with Crippen LogP contribution in [-0.4, -0.2) is 69.2 Å². The maximum absolute atomic E-state index is 14.0. The Labute approximate surface area is 236 Å². The van der Waals surface area contributed by atoms with E-state index in [1.165, 1.54) is 0 Å². The van der Waals surface area contributed by atoms with Crippen molar-refractivity contribution < 1.29 is 45.9 Å². The lowest BCUT2D eigenvalue weighted by atomic mass is 9.58. The summed E-state index contributed by atoms with van der Waals surface area (Å²) in [6.07, 6.45) is 6.91. The van der Waals surface area contributed by atoms with Gasteiger partial charge < -0.3 is 14.6 Å². The Kier molecular flexibility index (Phi) is 8.34. The number of alkyl halides is 2. The van der Waals surface area contributed by atoms with Crippen LogP contribution in [0.1, 0.15) is 77.6 Å². The average Bonchev–Trinajstić information content (AvgIpc) is 3.29. The number of fused-ring (bicyclic) bond motifs is 4. The predicted octanol–water partition coefficient (Wildman–Crippen LogP) is 4.64. The van der Waals surface area contributed by atoms with Crippen LogP contribution in [0.25, 0.3) is 0 Å². The number of aliphatic hydroxyl groups excluding tert-OH is 1. The highest BCUT2D eigenvalue weighted by molar-refractivity contribution is 8.20. The van der Waals surface area contributed by atoms with E-state index in [-0.39, 0.29) is 34.2 Å². The molecule has 4 aliphatic carbocycles. The van der Waals surface area contributed by atoms with E-state index >= 15 is 0 Å². The molecule has 0 aromatic rings. The fourth-order valence-electron chi connectivity index (χ4n) is 8.20. The lowest BCUT2D eigenvalue weighted by molar-refractivity contribution is -0.189. The third-order valence-corrected chi connectivity index (χ3v) is 13.8. The Morgan fingerprint density at radius 2 is 1.85 bits per heavy atom. The van der Waals surface area contributed by atoms with Crippen LogP contribution in [0.4, 0.5) is 8.78 Å². The molecule has 0 amide bonds. The van der Waals surface area contributed by atoms with E-state index in [0.29, 0.717) is 43.9 Å². The summed E-state index contributed by atoms with van der Waals surface area (Å²) in [6, 6.07) is 0. The molecular weight excluding hydrogens is 574 g/mol. The molecule has 1 heterocycles. The lowest BCUT2D eigenvalue weighted by Gasteiger charge is -2.48. The van der Waals surface area contributed by atoms with Gasteiger partial charge in [0, 0.05) is 11.0 Å². The molecule has 1 aliphatic heterocycles. The molecular formula is C26H38F2O8S3. The first-order chi connectivity index (χ1) is 18.2. The summed E-state index contributed by atoms with van der Waals surface area (Å²) in [6.45, 7) is 2.44. The standard InChI is InChI=1S/C26H38F2O8S3/c1-15-5-17-7-19(29)12-24(8-15,9-17)22(30)35-13-20-14-37-21(38-20)18-6-16-3-2-4-25(10-16,11-18)36-23(31)26(27,28)39(32,33)34/h15-21,29H,2-14H2,1H3,(H,32,33,34). The first-order valence-corrected chi connectivity index (χ1v) is 17.3. The van der Waals surface area contributed by atoms with Gasteiger partial charge in [0.05, 0.1) is 16.1 Å². The second kappa shape index (κ2) is 10.9. The topological polar surface area (TPSA) is 127 Å². The van der Waals surface area contributed by atoms with Crippen molar-refractivity contribution in [2.24, 2.45) is 29.1 Å². The zero-order valence-corrected chi connectivity index (χ0v) is 24.5. The molecule has 39 heavy (non-hydrogen) atoms. The van der Waals surface area contributed by atoms with E-state index in [1.807, 2.05) is 0 Å². The largest absolute Gasteiger partial charge is 0.465 e. The van der Waals surface area contributed by atoms with Crippen LogP contribution in [0, 0.1) is 29.1 Å². The molecule has 5 fully saturated rings. The minimum atomic E-state index is -5.92. The maximum Gasteiger partial charge on any atom is 0.465 e. The maximum atomic E-state index is 14.0. The highest BCUT2D eigenvalue weighted by Crippen LogP contribution is 2.55. The van der Waals surface area contributed by atoms with Gasteiger partial charge in [-0.25, -0.2) is 4.79 Å².